The van der Waals surface area contributed by atoms with Crippen molar-refractivity contribution in [3.8, 4) is 0 Å². The van der Waals surface area contributed by atoms with Crippen LogP contribution in [0.2, 0.25) is 5.02 Å². The average Bonchev–Trinajstić information content (AvgIpc) is 2.49. The number of hydrogen-bond donors (Lipinski definition) is 2. The van der Waals surface area contributed by atoms with Crippen LogP contribution >= 0.6 is 11.6 Å². The van der Waals surface area contributed by atoms with Crippen molar-refractivity contribution < 1.29 is 9.18 Å². The summed E-state index contributed by atoms with van der Waals surface area (Å²) in [6, 6.07) is 12.2. The van der Waals surface area contributed by atoms with Gasteiger partial charge in [-0.1, -0.05) is 35.9 Å². The van der Waals surface area contributed by atoms with Crippen molar-refractivity contribution in [1.29, 1.82) is 0 Å². The molecule has 5 heteroatoms. The molecule has 0 unspecified atom stereocenters. The Morgan fingerprint density at radius 2 is 2.00 bits per heavy atom. The second-order valence-corrected chi connectivity index (χ2v) is 5.02. The summed E-state index contributed by atoms with van der Waals surface area (Å²) in [7, 11) is 1.61. The van der Waals surface area contributed by atoms with Gasteiger partial charge < -0.3 is 10.6 Å². The number of nitrogens with one attached hydrogen (secondary N) is 2. The molecule has 2 N–H and O–H groups in total. The number of para-hydroxylation sites is 1. The largest absolute Gasteiger partial charge is 0.381 e. The first-order chi connectivity index (χ1) is 10.1. The topological polar surface area (TPSA) is 41.1 Å². The van der Waals surface area contributed by atoms with Gasteiger partial charge in [0.2, 0.25) is 5.91 Å². The molecule has 21 heavy (non-hydrogen) atoms. The first-order valence-corrected chi connectivity index (χ1v) is 6.94. The Hall–Kier alpha value is -2.07. The monoisotopic (exact) mass is 306 g/mol. The minimum atomic E-state index is -0.436. The molecule has 110 valence electrons. The van der Waals surface area contributed by atoms with E-state index in [0.29, 0.717) is 13.0 Å². The maximum Gasteiger partial charge on any atom is 0.224 e. The van der Waals surface area contributed by atoms with Crippen molar-refractivity contribution in [1.82, 2.24) is 5.32 Å². The number of rotatable bonds is 5. The Labute approximate surface area is 128 Å². The maximum atomic E-state index is 13.4. The molecular formula is C16H16ClFN2O. The number of halogens is 2. The van der Waals surface area contributed by atoms with Gasteiger partial charge in [0.25, 0.3) is 0 Å². The quantitative estimate of drug-likeness (QED) is 0.889. The lowest BCUT2D eigenvalue weighted by Gasteiger charge is -2.12. The minimum absolute atomic E-state index is 0.0539. The number of benzene rings is 2. The van der Waals surface area contributed by atoms with E-state index in [2.05, 4.69) is 10.6 Å². The Bertz CT molecular complexity index is 646. The zero-order chi connectivity index (χ0) is 15.2. The summed E-state index contributed by atoms with van der Waals surface area (Å²) in [4.78, 5) is 11.5. The summed E-state index contributed by atoms with van der Waals surface area (Å²) in [6.45, 7) is 0.457. The first-order valence-electron chi connectivity index (χ1n) is 6.56. The van der Waals surface area contributed by atoms with Crippen molar-refractivity contribution in [2.45, 2.75) is 13.0 Å². The van der Waals surface area contributed by atoms with Crippen LogP contribution in [-0.2, 0) is 17.8 Å². The second kappa shape index (κ2) is 7.09. The van der Waals surface area contributed by atoms with Crippen LogP contribution in [-0.4, -0.2) is 13.0 Å². The molecule has 0 heterocycles. The van der Waals surface area contributed by atoms with Gasteiger partial charge in [0.1, 0.15) is 5.82 Å². The van der Waals surface area contributed by atoms with Gasteiger partial charge >= 0.3 is 0 Å². The van der Waals surface area contributed by atoms with E-state index in [9.17, 15) is 9.18 Å². The highest BCUT2D eigenvalue weighted by molar-refractivity contribution is 6.30. The molecular weight excluding hydrogens is 291 g/mol. The molecule has 0 bridgehead atoms. The van der Waals surface area contributed by atoms with Crippen LogP contribution in [0.1, 0.15) is 11.1 Å². The standard InChI is InChI=1S/C16H16ClFN2O/c1-19-16(21)9-12-4-2-3-5-15(12)20-10-11-6-7-13(17)14(18)8-11/h2-8,20H,9-10H2,1H3,(H,19,21). The lowest BCUT2D eigenvalue weighted by Crippen LogP contribution is -2.20. The third kappa shape index (κ3) is 4.20. The predicted octanol–water partition coefficient (Wildman–Crippen LogP) is 3.38. The molecule has 2 aromatic rings. The molecule has 0 aliphatic carbocycles. The normalized spacial score (nSPS) is 10.2. The van der Waals surface area contributed by atoms with E-state index in [1.807, 2.05) is 24.3 Å². The lowest BCUT2D eigenvalue weighted by molar-refractivity contribution is -0.119. The zero-order valence-corrected chi connectivity index (χ0v) is 12.4. The van der Waals surface area contributed by atoms with Crippen LogP contribution in [0.15, 0.2) is 42.5 Å². The van der Waals surface area contributed by atoms with Gasteiger partial charge in [-0.25, -0.2) is 4.39 Å². The van der Waals surface area contributed by atoms with Gasteiger partial charge in [0.05, 0.1) is 11.4 Å². The number of hydrogen-bond acceptors (Lipinski definition) is 2. The van der Waals surface area contributed by atoms with Gasteiger partial charge in [-0.3, -0.25) is 4.79 Å². The van der Waals surface area contributed by atoms with Crippen LogP contribution < -0.4 is 10.6 Å². The molecule has 0 saturated carbocycles. The number of likely N-dealkylation sites (N-methyl/N-ethyl adjacent to an activating group) is 1. The highest BCUT2D eigenvalue weighted by Gasteiger charge is 2.07. The van der Waals surface area contributed by atoms with E-state index >= 15 is 0 Å². The van der Waals surface area contributed by atoms with Gasteiger partial charge in [-0.15, -0.1) is 0 Å². The summed E-state index contributed by atoms with van der Waals surface area (Å²) in [5.74, 6) is -0.489. The summed E-state index contributed by atoms with van der Waals surface area (Å²) in [6.07, 6.45) is 0.300. The second-order valence-electron chi connectivity index (χ2n) is 4.61. The lowest BCUT2D eigenvalue weighted by atomic mass is 10.1. The van der Waals surface area contributed by atoms with E-state index in [-0.39, 0.29) is 10.9 Å². The molecule has 0 atom stereocenters. The number of anilines is 1. The van der Waals surface area contributed by atoms with Crippen molar-refractivity contribution >= 4 is 23.2 Å². The molecule has 2 rings (SSSR count). The molecule has 1 amide bonds. The average molecular weight is 307 g/mol. The molecule has 0 aromatic heterocycles. The minimum Gasteiger partial charge on any atom is -0.381 e. The third-order valence-corrected chi connectivity index (χ3v) is 3.42. The van der Waals surface area contributed by atoms with Crippen molar-refractivity contribution in [3.63, 3.8) is 0 Å². The number of carbonyl (C=O) groups excluding carboxylic acids is 1. The van der Waals surface area contributed by atoms with E-state index in [1.54, 1.807) is 13.1 Å². The van der Waals surface area contributed by atoms with Crippen LogP contribution in [0, 0.1) is 5.82 Å². The highest BCUT2D eigenvalue weighted by Crippen LogP contribution is 2.19. The molecule has 3 nitrogen and oxygen atoms in total. The van der Waals surface area contributed by atoms with Gasteiger partial charge in [0, 0.05) is 19.3 Å². The molecule has 0 fully saturated rings. The fraction of sp³-hybridized carbons (Fsp3) is 0.188. The van der Waals surface area contributed by atoms with Crippen molar-refractivity contribution in [3.05, 3.63) is 64.4 Å². The fourth-order valence-corrected chi connectivity index (χ4v) is 2.07. The van der Waals surface area contributed by atoms with Crippen LogP contribution in [0.3, 0.4) is 0 Å². The van der Waals surface area contributed by atoms with Crippen molar-refractivity contribution in [2.24, 2.45) is 0 Å². The fourth-order valence-electron chi connectivity index (χ4n) is 1.96. The molecule has 0 aliphatic rings. The Morgan fingerprint density at radius 3 is 2.71 bits per heavy atom. The summed E-state index contributed by atoms with van der Waals surface area (Å²) in [5.41, 5.74) is 2.54. The van der Waals surface area contributed by atoms with E-state index in [1.165, 1.54) is 12.1 Å². The van der Waals surface area contributed by atoms with E-state index in [0.717, 1.165) is 16.8 Å². The van der Waals surface area contributed by atoms with Crippen LogP contribution in [0.4, 0.5) is 10.1 Å². The van der Waals surface area contributed by atoms with Gasteiger partial charge in [-0.05, 0) is 29.3 Å². The van der Waals surface area contributed by atoms with E-state index in [4.69, 9.17) is 11.6 Å². The maximum absolute atomic E-state index is 13.4. The SMILES string of the molecule is CNC(=O)Cc1ccccc1NCc1ccc(Cl)c(F)c1. The number of amides is 1. The van der Waals surface area contributed by atoms with Gasteiger partial charge in [0.15, 0.2) is 0 Å². The van der Waals surface area contributed by atoms with E-state index < -0.39 is 5.82 Å². The molecule has 0 radical (unpaired) electrons. The molecule has 0 spiro atoms. The smallest absolute Gasteiger partial charge is 0.224 e. The molecule has 0 saturated heterocycles. The third-order valence-electron chi connectivity index (χ3n) is 3.11. The molecule has 2 aromatic carbocycles. The predicted molar refractivity (Wildman–Crippen MR) is 82.9 cm³/mol. The summed E-state index contributed by atoms with van der Waals surface area (Å²) >= 11 is 5.66. The highest BCUT2D eigenvalue weighted by atomic mass is 35.5. The summed E-state index contributed by atoms with van der Waals surface area (Å²) < 4.78 is 13.4. The Morgan fingerprint density at radius 1 is 1.24 bits per heavy atom. The van der Waals surface area contributed by atoms with Crippen LogP contribution in [0.25, 0.3) is 0 Å². The van der Waals surface area contributed by atoms with Gasteiger partial charge in [-0.2, -0.15) is 0 Å². The first kappa shape index (κ1) is 15.3. The molecule has 0 aliphatic heterocycles. The Kier molecular flexibility index (Phi) is 5.17. The number of carbonyl (C=O) groups is 1. The van der Waals surface area contributed by atoms with Crippen molar-refractivity contribution in [2.75, 3.05) is 12.4 Å². The van der Waals surface area contributed by atoms with Crippen LogP contribution in [0.5, 0.6) is 0 Å². The summed E-state index contributed by atoms with van der Waals surface area (Å²) in [5, 5.41) is 5.92. The zero-order valence-electron chi connectivity index (χ0n) is 11.6. The Balaban J connectivity index is 2.09.